The van der Waals surface area contributed by atoms with Gasteiger partial charge >= 0.3 is 6.09 Å². The molecule has 2 heterocycles. The standard InChI is InChI=1S/C15H19N3O4S/c1-15(2,3)22-14(19)18-7-5-12(10-18)23(20,21)13-8-11(9-16)4-6-17-13/h4,6,8,12H,5,7,10H2,1-3H3. The third kappa shape index (κ3) is 3.99. The third-order valence-corrected chi connectivity index (χ3v) is 5.46. The van der Waals surface area contributed by atoms with Crippen LogP contribution in [0.3, 0.4) is 0 Å². The van der Waals surface area contributed by atoms with Crippen molar-refractivity contribution in [1.29, 1.82) is 5.26 Å². The zero-order valence-corrected chi connectivity index (χ0v) is 14.1. The lowest BCUT2D eigenvalue weighted by molar-refractivity contribution is 0.0295. The molecule has 0 radical (unpaired) electrons. The first kappa shape index (κ1) is 17.2. The number of aromatic nitrogens is 1. The lowest BCUT2D eigenvalue weighted by atomic mass is 10.2. The van der Waals surface area contributed by atoms with Crippen molar-refractivity contribution in [1.82, 2.24) is 9.88 Å². The number of likely N-dealkylation sites (tertiary alicyclic amines) is 1. The second-order valence-electron chi connectivity index (χ2n) is 6.38. The number of rotatable bonds is 2. The van der Waals surface area contributed by atoms with Crippen LogP contribution in [0.15, 0.2) is 23.4 Å². The summed E-state index contributed by atoms with van der Waals surface area (Å²) in [4.78, 5) is 17.3. The first-order valence-corrected chi connectivity index (χ1v) is 8.76. The average molecular weight is 337 g/mol. The average Bonchev–Trinajstić information content (AvgIpc) is 2.96. The Balaban J connectivity index is 2.14. The maximum atomic E-state index is 12.6. The molecule has 1 saturated heterocycles. The van der Waals surface area contributed by atoms with Crippen LogP contribution in [0.1, 0.15) is 32.8 Å². The normalized spacial score (nSPS) is 18.5. The summed E-state index contributed by atoms with van der Waals surface area (Å²) in [6.45, 7) is 5.65. The van der Waals surface area contributed by atoms with Crippen molar-refractivity contribution in [3.05, 3.63) is 23.9 Å². The number of hydrogen-bond donors (Lipinski definition) is 0. The molecule has 0 spiro atoms. The van der Waals surface area contributed by atoms with Gasteiger partial charge in [0.1, 0.15) is 5.60 Å². The fraction of sp³-hybridized carbons (Fsp3) is 0.533. The van der Waals surface area contributed by atoms with Crippen molar-refractivity contribution < 1.29 is 17.9 Å². The first-order valence-electron chi connectivity index (χ1n) is 7.21. The van der Waals surface area contributed by atoms with Crippen LogP contribution in [0, 0.1) is 11.3 Å². The van der Waals surface area contributed by atoms with Crippen LogP contribution >= 0.6 is 0 Å². The zero-order valence-electron chi connectivity index (χ0n) is 13.3. The summed E-state index contributed by atoms with van der Waals surface area (Å²) in [5.74, 6) is 0. The molecule has 8 heteroatoms. The van der Waals surface area contributed by atoms with Gasteiger partial charge in [0.25, 0.3) is 0 Å². The Hall–Kier alpha value is -2.14. The Kier molecular flexibility index (Phi) is 4.61. The van der Waals surface area contributed by atoms with Crippen molar-refractivity contribution in [2.45, 2.75) is 43.1 Å². The molecule has 1 aromatic heterocycles. The van der Waals surface area contributed by atoms with Crippen LogP contribution in [-0.4, -0.2) is 48.3 Å². The molecule has 23 heavy (non-hydrogen) atoms. The highest BCUT2D eigenvalue weighted by atomic mass is 32.2. The number of carbonyl (C=O) groups is 1. The highest BCUT2D eigenvalue weighted by Gasteiger charge is 2.38. The fourth-order valence-corrected chi connectivity index (χ4v) is 3.91. The molecular weight excluding hydrogens is 318 g/mol. The van der Waals surface area contributed by atoms with Crippen LogP contribution in [0.4, 0.5) is 4.79 Å². The molecule has 0 N–H and O–H groups in total. The lowest BCUT2D eigenvalue weighted by Gasteiger charge is -2.24. The minimum atomic E-state index is -3.69. The van der Waals surface area contributed by atoms with E-state index in [4.69, 9.17) is 10.00 Å². The number of sulfone groups is 1. The van der Waals surface area contributed by atoms with Crippen molar-refractivity contribution in [2.75, 3.05) is 13.1 Å². The Morgan fingerprint density at radius 3 is 2.78 bits per heavy atom. The van der Waals surface area contributed by atoms with E-state index in [1.165, 1.54) is 23.2 Å². The molecule has 1 aromatic rings. The van der Waals surface area contributed by atoms with E-state index in [1.54, 1.807) is 20.8 Å². The molecule has 1 amide bonds. The predicted molar refractivity (Wildman–Crippen MR) is 82.3 cm³/mol. The van der Waals surface area contributed by atoms with Gasteiger partial charge in [-0.25, -0.2) is 18.2 Å². The van der Waals surface area contributed by atoms with Crippen LogP contribution in [0.25, 0.3) is 0 Å². The number of amides is 1. The van der Waals surface area contributed by atoms with Crippen molar-refractivity contribution in [3.63, 3.8) is 0 Å². The van der Waals surface area contributed by atoms with E-state index < -0.39 is 26.8 Å². The van der Waals surface area contributed by atoms with Gasteiger partial charge in [-0.2, -0.15) is 5.26 Å². The summed E-state index contributed by atoms with van der Waals surface area (Å²) in [5.41, 5.74) is -0.392. The summed E-state index contributed by atoms with van der Waals surface area (Å²) >= 11 is 0. The molecule has 1 unspecified atom stereocenters. The van der Waals surface area contributed by atoms with Crippen molar-refractivity contribution in [3.8, 4) is 6.07 Å². The number of nitriles is 1. The Morgan fingerprint density at radius 2 is 2.17 bits per heavy atom. The molecule has 0 saturated carbocycles. The van der Waals surface area contributed by atoms with Gasteiger partial charge in [-0.15, -0.1) is 0 Å². The van der Waals surface area contributed by atoms with Crippen molar-refractivity contribution in [2.24, 2.45) is 0 Å². The molecule has 1 aliphatic heterocycles. The highest BCUT2D eigenvalue weighted by molar-refractivity contribution is 7.92. The van der Waals surface area contributed by atoms with E-state index in [1.807, 2.05) is 6.07 Å². The fourth-order valence-electron chi connectivity index (χ4n) is 2.28. The monoisotopic (exact) mass is 337 g/mol. The van der Waals surface area contributed by atoms with Crippen LogP contribution < -0.4 is 0 Å². The minimum absolute atomic E-state index is 0.0652. The molecule has 1 fully saturated rings. The van der Waals surface area contributed by atoms with Gasteiger partial charge in [0, 0.05) is 19.3 Å². The van der Waals surface area contributed by atoms with Crippen LogP contribution in [0.2, 0.25) is 0 Å². The Labute approximate surface area is 135 Å². The van der Waals surface area contributed by atoms with Gasteiger partial charge in [0.15, 0.2) is 14.9 Å². The number of pyridine rings is 1. The summed E-state index contributed by atoms with van der Waals surface area (Å²) in [5, 5.41) is 8.00. The topological polar surface area (TPSA) is 100 Å². The maximum Gasteiger partial charge on any atom is 0.410 e. The summed E-state index contributed by atoms with van der Waals surface area (Å²) in [7, 11) is -3.69. The Morgan fingerprint density at radius 1 is 1.48 bits per heavy atom. The van der Waals surface area contributed by atoms with Crippen LogP contribution in [-0.2, 0) is 14.6 Å². The number of carbonyl (C=O) groups excluding carboxylic acids is 1. The molecule has 0 aliphatic carbocycles. The van der Waals surface area contributed by atoms with Gasteiger partial charge in [-0.1, -0.05) is 0 Å². The SMILES string of the molecule is CC(C)(C)OC(=O)N1CCC(S(=O)(=O)c2cc(C#N)ccn2)C1. The van der Waals surface area contributed by atoms with Gasteiger partial charge in [-0.3, -0.25) is 0 Å². The molecule has 1 aliphatic rings. The summed E-state index contributed by atoms with van der Waals surface area (Å²) in [6, 6.07) is 4.59. The van der Waals surface area contributed by atoms with E-state index in [9.17, 15) is 13.2 Å². The molecule has 2 rings (SSSR count). The molecular formula is C15H19N3O4S. The zero-order chi connectivity index (χ0) is 17.3. The lowest BCUT2D eigenvalue weighted by Crippen LogP contribution is -2.36. The second kappa shape index (κ2) is 6.16. The van der Waals surface area contributed by atoms with Crippen LogP contribution in [0.5, 0.6) is 0 Å². The number of nitrogens with zero attached hydrogens (tertiary/aromatic N) is 3. The van der Waals surface area contributed by atoms with E-state index in [0.29, 0.717) is 13.0 Å². The van der Waals surface area contributed by atoms with E-state index in [2.05, 4.69) is 4.98 Å². The van der Waals surface area contributed by atoms with Crippen molar-refractivity contribution >= 4 is 15.9 Å². The smallest absolute Gasteiger partial charge is 0.410 e. The molecule has 124 valence electrons. The Bertz CT molecular complexity index is 747. The first-order chi connectivity index (χ1) is 10.6. The number of ether oxygens (including phenoxy) is 1. The summed E-state index contributed by atoms with van der Waals surface area (Å²) < 4.78 is 30.5. The van der Waals surface area contributed by atoms with E-state index in [-0.39, 0.29) is 17.1 Å². The largest absolute Gasteiger partial charge is 0.444 e. The van der Waals surface area contributed by atoms with E-state index >= 15 is 0 Å². The van der Waals surface area contributed by atoms with Gasteiger partial charge in [-0.05, 0) is 39.3 Å². The van der Waals surface area contributed by atoms with E-state index in [0.717, 1.165) is 0 Å². The quantitative estimate of drug-likeness (QED) is 0.815. The minimum Gasteiger partial charge on any atom is -0.444 e. The van der Waals surface area contributed by atoms with Gasteiger partial charge < -0.3 is 9.64 Å². The summed E-state index contributed by atoms with van der Waals surface area (Å²) in [6.07, 6.45) is 1.10. The maximum absolute atomic E-state index is 12.6. The van der Waals surface area contributed by atoms with Gasteiger partial charge in [0.05, 0.1) is 16.9 Å². The molecule has 0 aromatic carbocycles. The molecule has 7 nitrogen and oxygen atoms in total. The third-order valence-electron chi connectivity index (χ3n) is 3.39. The number of hydrogen-bond acceptors (Lipinski definition) is 6. The molecule has 0 bridgehead atoms. The highest BCUT2D eigenvalue weighted by Crippen LogP contribution is 2.24. The molecule has 1 atom stereocenters. The second-order valence-corrected chi connectivity index (χ2v) is 8.55. The predicted octanol–water partition coefficient (Wildman–Crippen LogP) is 1.74. The van der Waals surface area contributed by atoms with Gasteiger partial charge in [0.2, 0.25) is 0 Å².